The van der Waals surface area contributed by atoms with Gasteiger partial charge >= 0.3 is 5.97 Å². The van der Waals surface area contributed by atoms with Gasteiger partial charge in [0.15, 0.2) is 0 Å². The summed E-state index contributed by atoms with van der Waals surface area (Å²) in [6.45, 7) is 4.22. The van der Waals surface area contributed by atoms with E-state index in [9.17, 15) is 10.1 Å². The van der Waals surface area contributed by atoms with Crippen LogP contribution < -0.4 is 5.32 Å². The minimum Gasteiger partial charge on any atom is -0.481 e. The summed E-state index contributed by atoms with van der Waals surface area (Å²) in [6.07, 6.45) is 4.23. The van der Waals surface area contributed by atoms with Gasteiger partial charge in [0, 0.05) is 6.04 Å². The molecule has 4 heteroatoms. The average molecular weight is 314 g/mol. The molecule has 1 aliphatic carbocycles. The van der Waals surface area contributed by atoms with Crippen molar-refractivity contribution < 1.29 is 9.90 Å². The molecule has 0 aromatic heterocycles. The predicted octanol–water partition coefficient (Wildman–Crippen LogP) is 3.48. The minimum absolute atomic E-state index is 0.361. The van der Waals surface area contributed by atoms with E-state index in [2.05, 4.69) is 11.4 Å². The molecule has 0 spiro atoms. The van der Waals surface area contributed by atoms with Crippen molar-refractivity contribution in [3.05, 3.63) is 35.9 Å². The second kappa shape index (κ2) is 7.14. The highest BCUT2D eigenvalue weighted by Gasteiger charge is 2.37. The Kier molecular flexibility index (Phi) is 5.43. The van der Waals surface area contributed by atoms with Crippen molar-refractivity contribution in [2.24, 2.45) is 5.41 Å². The molecule has 0 heterocycles. The lowest BCUT2D eigenvalue weighted by Crippen LogP contribution is -2.40. The summed E-state index contributed by atoms with van der Waals surface area (Å²) < 4.78 is 0. The van der Waals surface area contributed by atoms with Crippen molar-refractivity contribution in [3.8, 4) is 6.07 Å². The summed E-state index contributed by atoms with van der Waals surface area (Å²) in [5, 5.41) is 22.3. The van der Waals surface area contributed by atoms with Crippen LogP contribution in [-0.4, -0.2) is 23.7 Å². The SMILES string of the molecule is CC(C)(CCNC1CCC(C#N)(c2ccccc2)CC1)C(=O)O. The van der Waals surface area contributed by atoms with Crippen molar-refractivity contribution in [1.29, 1.82) is 5.26 Å². The molecule has 1 aromatic carbocycles. The summed E-state index contributed by atoms with van der Waals surface area (Å²) in [5.74, 6) is -0.754. The summed E-state index contributed by atoms with van der Waals surface area (Å²) in [7, 11) is 0. The number of carboxylic acid groups (broad SMARTS) is 1. The maximum Gasteiger partial charge on any atom is 0.309 e. The lowest BCUT2D eigenvalue weighted by molar-refractivity contribution is -0.147. The second-order valence-corrected chi connectivity index (χ2v) is 7.23. The lowest BCUT2D eigenvalue weighted by Gasteiger charge is -2.36. The molecule has 4 nitrogen and oxygen atoms in total. The van der Waals surface area contributed by atoms with Crippen molar-refractivity contribution in [2.75, 3.05) is 6.54 Å². The Bertz CT molecular complexity index is 567. The molecule has 0 amide bonds. The summed E-state index contributed by atoms with van der Waals surface area (Å²) >= 11 is 0. The molecule has 1 saturated carbocycles. The van der Waals surface area contributed by atoms with Crippen LogP contribution in [0.15, 0.2) is 30.3 Å². The Morgan fingerprint density at radius 2 is 1.96 bits per heavy atom. The molecule has 0 saturated heterocycles. The van der Waals surface area contributed by atoms with Gasteiger partial charge in [-0.1, -0.05) is 30.3 Å². The number of nitrogens with one attached hydrogen (secondary N) is 1. The maximum atomic E-state index is 11.1. The molecule has 0 atom stereocenters. The maximum absolute atomic E-state index is 11.1. The van der Waals surface area contributed by atoms with E-state index < -0.39 is 11.4 Å². The van der Waals surface area contributed by atoms with Crippen LogP contribution in [0, 0.1) is 16.7 Å². The predicted molar refractivity (Wildman–Crippen MR) is 90.0 cm³/mol. The molecule has 124 valence electrons. The molecule has 1 aromatic rings. The Morgan fingerprint density at radius 3 is 2.48 bits per heavy atom. The monoisotopic (exact) mass is 314 g/mol. The summed E-state index contributed by atoms with van der Waals surface area (Å²) in [5.41, 5.74) is 0.0648. The van der Waals surface area contributed by atoms with E-state index >= 15 is 0 Å². The molecular formula is C19H26N2O2. The number of nitriles is 1. The first kappa shape index (κ1) is 17.5. The van der Waals surface area contributed by atoms with E-state index in [1.807, 2.05) is 30.3 Å². The lowest BCUT2D eigenvalue weighted by atomic mass is 9.69. The fraction of sp³-hybridized carbons (Fsp3) is 0.579. The van der Waals surface area contributed by atoms with Gasteiger partial charge in [-0.2, -0.15) is 5.26 Å². The number of rotatable bonds is 6. The van der Waals surface area contributed by atoms with Crippen LogP contribution in [0.2, 0.25) is 0 Å². The number of aliphatic carboxylic acids is 1. The average Bonchev–Trinajstić information content (AvgIpc) is 2.56. The van der Waals surface area contributed by atoms with Crippen molar-refractivity contribution in [1.82, 2.24) is 5.32 Å². The quantitative estimate of drug-likeness (QED) is 0.843. The van der Waals surface area contributed by atoms with Gasteiger partial charge in [-0.25, -0.2) is 0 Å². The molecule has 0 aliphatic heterocycles. The van der Waals surface area contributed by atoms with Crippen LogP contribution in [0.4, 0.5) is 0 Å². The van der Waals surface area contributed by atoms with E-state index in [0.29, 0.717) is 19.0 Å². The molecular weight excluding hydrogens is 288 g/mol. The number of benzene rings is 1. The van der Waals surface area contributed by atoms with Crippen LogP contribution in [-0.2, 0) is 10.2 Å². The van der Waals surface area contributed by atoms with Gasteiger partial charge in [0.2, 0.25) is 0 Å². The number of hydrogen-bond acceptors (Lipinski definition) is 3. The summed E-state index contributed by atoms with van der Waals surface area (Å²) in [4.78, 5) is 11.1. The zero-order valence-electron chi connectivity index (χ0n) is 14.0. The highest BCUT2D eigenvalue weighted by Crippen LogP contribution is 2.39. The fourth-order valence-corrected chi connectivity index (χ4v) is 3.23. The van der Waals surface area contributed by atoms with Crippen molar-refractivity contribution >= 4 is 5.97 Å². The molecule has 2 rings (SSSR count). The van der Waals surface area contributed by atoms with Gasteiger partial charge in [0.25, 0.3) is 0 Å². The standard InChI is InChI=1S/C19H26N2O2/c1-18(2,17(22)23)12-13-21-16-8-10-19(14-20,11-9-16)15-6-4-3-5-7-15/h3-7,16,21H,8-13H2,1-2H3,(H,22,23). The minimum atomic E-state index is -0.754. The second-order valence-electron chi connectivity index (χ2n) is 7.23. The fourth-order valence-electron chi connectivity index (χ4n) is 3.23. The zero-order valence-corrected chi connectivity index (χ0v) is 14.0. The van der Waals surface area contributed by atoms with Gasteiger partial charge < -0.3 is 10.4 Å². The third-order valence-electron chi connectivity index (χ3n) is 5.14. The van der Waals surface area contributed by atoms with Gasteiger partial charge in [0.05, 0.1) is 16.9 Å². The van der Waals surface area contributed by atoms with E-state index in [0.717, 1.165) is 31.2 Å². The normalized spacial score (nSPS) is 24.8. The van der Waals surface area contributed by atoms with Crippen LogP contribution in [0.3, 0.4) is 0 Å². The Balaban J connectivity index is 1.86. The smallest absolute Gasteiger partial charge is 0.309 e. The Hall–Kier alpha value is -1.86. The number of nitrogens with zero attached hydrogens (tertiary/aromatic N) is 1. The van der Waals surface area contributed by atoms with E-state index in [4.69, 9.17) is 5.11 Å². The molecule has 0 unspecified atom stereocenters. The first-order chi connectivity index (χ1) is 10.9. The topological polar surface area (TPSA) is 73.1 Å². The van der Waals surface area contributed by atoms with Crippen LogP contribution in [0.25, 0.3) is 0 Å². The number of carboxylic acids is 1. The van der Waals surface area contributed by atoms with Crippen LogP contribution >= 0.6 is 0 Å². The first-order valence-corrected chi connectivity index (χ1v) is 8.33. The van der Waals surface area contributed by atoms with Crippen molar-refractivity contribution in [2.45, 2.75) is 57.4 Å². The Morgan fingerprint density at radius 1 is 1.35 bits per heavy atom. The third kappa shape index (κ3) is 4.11. The molecule has 1 aliphatic rings. The van der Waals surface area contributed by atoms with E-state index in [1.54, 1.807) is 13.8 Å². The molecule has 1 fully saturated rings. The van der Waals surface area contributed by atoms with Crippen molar-refractivity contribution in [3.63, 3.8) is 0 Å². The third-order valence-corrected chi connectivity index (χ3v) is 5.14. The largest absolute Gasteiger partial charge is 0.481 e. The van der Waals surface area contributed by atoms with Gasteiger partial charge in [-0.3, -0.25) is 4.79 Å². The van der Waals surface area contributed by atoms with Crippen LogP contribution in [0.1, 0.15) is 51.5 Å². The molecule has 23 heavy (non-hydrogen) atoms. The summed E-state index contributed by atoms with van der Waals surface area (Å²) in [6, 6.07) is 13.0. The van der Waals surface area contributed by atoms with Gasteiger partial charge in [-0.05, 0) is 58.1 Å². The Labute approximate surface area is 138 Å². The number of carbonyl (C=O) groups is 1. The molecule has 0 radical (unpaired) electrons. The number of hydrogen-bond donors (Lipinski definition) is 2. The van der Waals surface area contributed by atoms with Gasteiger partial charge in [-0.15, -0.1) is 0 Å². The first-order valence-electron chi connectivity index (χ1n) is 8.33. The zero-order chi connectivity index (χ0) is 16.9. The van der Waals surface area contributed by atoms with Gasteiger partial charge in [0.1, 0.15) is 0 Å². The molecule has 0 bridgehead atoms. The molecule has 2 N–H and O–H groups in total. The van der Waals surface area contributed by atoms with E-state index in [-0.39, 0.29) is 5.41 Å². The van der Waals surface area contributed by atoms with Crippen LogP contribution in [0.5, 0.6) is 0 Å². The highest BCUT2D eigenvalue weighted by molar-refractivity contribution is 5.73. The highest BCUT2D eigenvalue weighted by atomic mass is 16.4. The van der Waals surface area contributed by atoms with E-state index in [1.165, 1.54) is 0 Å².